The van der Waals surface area contributed by atoms with Crippen LogP contribution in [0.1, 0.15) is 22.9 Å². The van der Waals surface area contributed by atoms with E-state index < -0.39 is 0 Å². The fourth-order valence-electron chi connectivity index (χ4n) is 1.70. The maximum absolute atomic E-state index is 5.60. The molecule has 0 aliphatic rings. The van der Waals surface area contributed by atoms with Gasteiger partial charge in [0.25, 0.3) is 0 Å². The lowest BCUT2D eigenvalue weighted by atomic mass is 10.1. The fourth-order valence-corrected chi connectivity index (χ4v) is 1.70. The van der Waals surface area contributed by atoms with Gasteiger partial charge in [-0.2, -0.15) is 0 Å². The molecule has 2 N–H and O–H groups in total. The summed E-state index contributed by atoms with van der Waals surface area (Å²) in [6.45, 7) is 2.55. The van der Waals surface area contributed by atoms with Crippen molar-refractivity contribution in [1.82, 2.24) is 4.98 Å². The van der Waals surface area contributed by atoms with Crippen molar-refractivity contribution in [3.8, 4) is 0 Å². The van der Waals surface area contributed by atoms with Crippen molar-refractivity contribution in [3.63, 3.8) is 0 Å². The number of hydrogen-bond donors (Lipinski definition) is 1. The first-order valence-electron chi connectivity index (χ1n) is 5.49. The first kappa shape index (κ1) is 10.9. The number of hydrogen-bond acceptors (Lipinski definition) is 3. The van der Waals surface area contributed by atoms with Crippen molar-refractivity contribution < 1.29 is 4.42 Å². The lowest BCUT2D eigenvalue weighted by molar-refractivity contribution is 0.480. The Morgan fingerprint density at radius 2 is 2.00 bits per heavy atom. The van der Waals surface area contributed by atoms with Crippen molar-refractivity contribution >= 4 is 0 Å². The lowest BCUT2D eigenvalue weighted by Crippen LogP contribution is -2.04. The number of aromatic nitrogens is 1. The highest BCUT2D eigenvalue weighted by Gasteiger charge is 2.08. The molecule has 16 heavy (non-hydrogen) atoms. The molecule has 0 aliphatic heterocycles. The molecule has 0 aliphatic carbocycles. The van der Waals surface area contributed by atoms with Gasteiger partial charge < -0.3 is 10.2 Å². The van der Waals surface area contributed by atoms with E-state index in [4.69, 9.17) is 10.2 Å². The Kier molecular flexibility index (Phi) is 3.37. The van der Waals surface area contributed by atoms with E-state index in [0.29, 0.717) is 6.54 Å². The zero-order valence-electron chi connectivity index (χ0n) is 9.44. The number of aryl methyl sites for hydroxylation is 1. The van der Waals surface area contributed by atoms with E-state index in [1.807, 2.05) is 25.1 Å². The summed E-state index contributed by atoms with van der Waals surface area (Å²) in [5, 5.41) is 0. The van der Waals surface area contributed by atoms with Crippen molar-refractivity contribution in [1.29, 1.82) is 0 Å². The summed E-state index contributed by atoms with van der Waals surface area (Å²) in [5.41, 5.74) is 7.70. The number of benzene rings is 1. The minimum Gasteiger partial charge on any atom is -0.445 e. The largest absolute Gasteiger partial charge is 0.445 e. The average Bonchev–Trinajstić information content (AvgIpc) is 2.61. The Labute approximate surface area is 95.3 Å². The highest BCUT2D eigenvalue weighted by atomic mass is 16.4. The molecule has 0 bridgehead atoms. The van der Waals surface area contributed by atoms with Gasteiger partial charge in [0.2, 0.25) is 0 Å². The lowest BCUT2D eigenvalue weighted by Gasteiger charge is -1.95. The summed E-state index contributed by atoms with van der Waals surface area (Å²) < 4.78 is 5.60. The maximum Gasteiger partial charge on any atom is 0.199 e. The number of nitrogens with zero attached hydrogens (tertiary/aromatic N) is 1. The molecule has 2 aromatic rings. The van der Waals surface area contributed by atoms with Gasteiger partial charge in [-0.1, -0.05) is 30.3 Å². The molecule has 0 atom stereocenters. The molecule has 0 amide bonds. The molecule has 0 unspecified atom stereocenters. The highest BCUT2D eigenvalue weighted by Crippen LogP contribution is 2.13. The molecule has 0 radical (unpaired) electrons. The van der Waals surface area contributed by atoms with Crippen molar-refractivity contribution in [2.45, 2.75) is 19.8 Å². The van der Waals surface area contributed by atoms with E-state index in [1.165, 1.54) is 5.56 Å². The van der Waals surface area contributed by atoms with Crippen molar-refractivity contribution in [2.24, 2.45) is 5.73 Å². The fraction of sp³-hybridized carbons (Fsp3) is 0.308. The van der Waals surface area contributed by atoms with Crippen molar-refractivity contribution in [2.75, 3.05) is 6.54 Å². The Morgan fingerprint density at radius 3 is 2.69 bits per heavy atom. The van der Waals surface area contributed by atoms with Crippen LogP contribution in [-0.2, 0) is 12.8 Å². The van der Waals surface area contributed by atoms with Gasteiger partial charge >= 0.3 is 0 Å². The predicted octanol–water partition coefficient (Wildman–Crippen LogP) is 2.08. The average molecular weight is 216 g/mol. The van der Waals surface area contributed by atoms with E-state index in [-0.39, 0.29) is 0 Å². The second kappa shape index (κ2) is 4.94. The molecular weight excluding hydrogens is 200 g/mol. The summed E-state index contributed by atoms with van der Waals surface area (Å²) >= 11 is 0. The van der Waals surface area contributed by atoms with Gasteiger partial charge in [-0.25, -0.2) is 4.98 Å². The van der Waals surface area contributed by atoms with Gasteiger partial charge in [-0.05, 0) is 19.0 Å². The van der Waals surface area contributed by atoms with Crippen LogP contribution in [0.3, 0.4) is 0 Å². The van der Waals surface area contributed by atoms with Gasteiger partial charge in [0.15, 0.2) is 5.89 Å². The minimum absolute atomic E-state index is 0.609. The Hall–Kier alpha value is -1.61. The van der Waals surface area contributed by atoms with E-state index in [9.17, 15) is 0 Å². The van der Waals surface area contributed by atoms with E-state index in [0.717, 1.165) is 30.2 Å². The summed E-state index contributed by atoms with van der Waals surface area (Å²) in [4.78, 5) is 4.45. The van der Waals surface area contributed by atoms with Crippen LogP contribution in [0.2, 0.25) is 0 Å². The topological polar surface area (TPSA) is 52.0 Å². The van der Waals surface area contributed by atoms with Crippen molar-refractivity contribution in [3.05, 3.63) is 53.2 Å². The second-order valence-corrected chi connectivity index (χ2v) is 3.81. The zero-order valence-corrected chi connectivity index (χ0v) is 9.44. The van der Waals surface area contributed by atoms with Crippen LogP contribution in [-0.4, -0.2) is 11.5 Å². The van der Waals surface area contributed by atoms with E-state index in [1.54, 1.807) is 0 Å². The highest BCUT2D eigenvalue weighted by molar-refractivity contribution is 5.19. The molecular formula is C13H16N2O. The third-order valence-corrected chi connectivity index (χ3v) is 2.52. The normalized spacial score (nSPS) is 10.6. The van der Waals surface area contributed by atoms with Crippen LogP contribution in [0.5, 0.6) is 0 Å². The third-order valence-electron chi connectivity index (χ3n) is 2.52. The van der Waals surface area contributed by atoms with Gasteiger partial charge in [0.1, 0.15) is 5.76 Å². The Morgan fingerprint density at radius 1 is 1.25 bits per heavy atom. The number of nitrogens with two attached hydrogens (primary N) is 1. The predicted molar refractivity (Wildman–Crippen MR) is 63.2 cm³/mol. The maximum atomic E-state index is 5.60. The van der Waals surface area contributed by atoms with Crippen LogP contribution in [0.25, 0.3) is 0 Å². The van der Waals surface area contributed by atoms with E-state index in [2.05, 4.69) is 17.1 Å². The molecule has 0 saturated heterocycles. The van der Waals surface area contributed by atoms with Gasteiger partial charge in [-0.3, -0.25) is 0 Å². The molecule has 2 rings (SSSR count). The quantitative estimate of drug-likeness (QED) is 0.851. The van der Waals surface area contributed by atoms with Crippen LogP contribution in [0.4, 0.5) is 0 Å². The van der Waals surface area contributed by atoms with Gasteiger partial charge in [0, 0.05) is 12.8 Å². The molecule has 1 aromatic heterocycles. The van der Waals surface area contributed by atoms with Crippen LogP contribution in [0, 0.1) is 6.92 Å². The third kappa shape index (κ3) is 2.49. The summed E-state index contributed by atoms with van der Waals surface area (Å²) in [5.74, 6) is 1.66. The van der Waals surface area contributed by atoms with Crippen LogP contribution < -0.4 is 5.73 Å². The molecule has 3 nitrogen and oxygen atoms in total. The SMILES string of the molecule is Cc1oc(Cc2ccccc2)nc1CCN. The monoisotopic (exact) mass is 216 g/mol. The van der Waals surface area contributed by atoms with E-state index >= 15 is 0 Å². The second-order valence-electron chi connectivity index (χ2n) is 3.81. The molecule has 1 heterocycles. The minimum atomic E-state index is 0.609. The smallest absolute Gasteiger partial charge is 0.199 e. The first-order valence-corrected chi connectivity index (χ1v) is 5.49. The van der Waals surface area contributed by atoms with Gasteiger partial charge in [0.05, 0.1) is 5.69 Å². The molecule has 84 valence electrons. The molecule has 1 aromatic carbocycles. The standard InChI is InChI=1S/C13H16N2O/c1-10-12(7-8-14)15-13(16-10)9-11-5-3-2-4-6-11/h2-6H,7-9,14H2,1H3. The van der Waals surface area contributed by atoms with Gasteiger partial charge in [-0.15, -0.1) is 0 Å². The summed E-state index contributed by atoms with van der Waals surface area (Å²) in [7, 11) is 0. The summed E-state index contributed by atoms with van der Waals surface area (Å²) in [6, 6.07) is 10.2. The molecule has 0 fully saturated rings. The molecule has 3 heteroatoms. The van der Waals surface area contributed by atoms with Crippen LogP contribution in [0.15, 0.2) is 34.7 Å². The number of oxazole rings is 1. The Bertz CT molecular complexity index is 448. The zero-order chi connectivity index (χ0) is 11.4. The first-order chi connectivity index (χ1) is 7.79. The number of rotatable bonds is 4. The summed E-state index contributed by atoms with van der Waals surface area (Å²) in [6.07, 6.45) is 1.52. The molecule has 0 spiro atoms. The van der Waals surface area contributed by atoms with Crippen LogP contribution >= 0.6 is 0 Å². The Balaban J connectivity index is 2.13. The molecule has 0 saturated carbocycles.